The van der Waals surface area contributed by atoms with E-state index in [1.807, 2.05) is 13.8 Å². The zero-order chi connectivity index (χ0) is 25.4. The lowest BCUT2D eigenvalue weighted by molar-refractivity contribution is -0.132. The van der Waals surface area contributed by atoms with Crippen LogP contribution in [0.4, 0.5) is 5.69 Å². The van der Waals surface area contributed by atoms with Gasteiger partial charge in [-0.2, -0.15) is 0 Å². The van der Waals surface area contributed by atoms with Crippen LogP contribution in [0.5, 0.6) is 11.5 Å². The number of phenols is 1. The van der Waals surface area contributed by atoms with Gasteiger partial charge < -0.3 is 14.9 Å². The number of benzene rings is 3. The number of aliphatic hydroxyl groups is 1. The number of methoxy groups -OCH3 is 1. The van der Waals surface area contributed by atoms with Gasteiger partial charge >= 0.3 is 0 Å². The zero-order valence-electron chi connectivity index (χ0n) is 19.3. The van der Waals surface area contributed by atoms with Gasteiger partial charge in [0, 0.05) is 16.3 Å². The number of hydrogen-bond acceptors (Lipinski definition) is 5. The van der Waals surface area contributed by atoms with Crippen molar-refractivity contribution in [3.63, 3.8) is 0 Å². The standard InChI is InChI=1S/C27H23Cl2NO5/c1-14(2)19-12-16(5-11-22(19)35-3)25(32)23-24(15-4-10-21(31)20(29)13-15)30(27(34)26(23)33)18-8-6-17(28)7-9-18/h4-14,24,31-32H,1-3H3/b25-23-. The number of hydrogen-bond donors (Lipinski definition) is 2. The summed E-state index contributed by atoms with van der Waals surface area (Å²) in [6.07, 6.45) is 0. The number of aliphatic hydroxyl groups excluding tert-OH is 1. The molecule has 4 rings (SSSR count). The SMILES string of the molecule is COc1ccc(/C(O)=C2/C(=O)C(=O)N(c3ccc(Cl)cc3)C2c2ccc(O)c(Cl)c2)cc1C(C)C. The molecule has 1 aliphatic heterocycles. The number of carbonyl (C=O) groups excluding carboxylic acids is 2. The topological polar surface area (TPSA) is 87.1 Å². The Kier molecular flexibility index (Phi) is 6.79. The molecule has 2 N–H and O–H groups in total. The highest BCUT2D eigenvalue weighted by atomic mass is 35.5. The molecule has 1 fully saturated rings. The zero-order valence-corrected chi connectivity index (χ0v) is 20.8. The van der Waals surface area contributed by atoms with Crippen molar-refractivity contribution in [3.05, 3.63) is 93.0 Å². The third-order valence-corrected chi connectivity index (χ3v) is 6.52. The molecule has 8 heteroatoms. The second-order valence-corrected chi connectivity index (χ2v) is 9.31. The van der Waals surface area contributed by atoms with E-state index in [1.54, 1.807) is 55.6 Å². The Balaban J connectivity index is 1.96. The van der Waals surface area contributed by atoms with Crippen molar-refractivity contribution in [1.82, 2.24) is 0 Å². The number of ketones is 1. The minimum Gasteiger partial charge on any atom is -0.507 e. The van der Waals surface area contributed by atoms with E-state index in [0.29, 0.717) is 27.6 Å². The smallest absolute Gasteiger partial charge is 0.300 e. The Morgan fingerprint density at radius 2 is 1.69 bits per heavy atom. The van der Waals surface area contributed by atoms with Gasteiger partial charge in [0.2, 0.25) is 0 Å². The van der Waals surface area contributed by atoms with Crippen LogP contribution in [0.15, 0.2) is 66.2 Å². The summed E-state index contributed by atoms with van der Waals surface area (Å²) >= 11 is 12.2. The normalized spacial score (nSPS) is 17.3. The predicted molar refractivity (Wildman–Crippen MR) is 136 cm³/mol. The van der Waals surface area contributed by atoms with Gasteiger partial charge in [-0.25, -0.2) is 0 Å². The van der Waals surface area contributed by atoms with Gasteiger partial charge in [-0.15, -0.1) is 0 Å². The maximum absolute atomic E-state index is 13.3. The van der Waals surface area contributed by atoms with Crippen molar-refractivity contribution in [3.8, 4) is 11.5 Å². The first-order valence-electron chi connectivity index (χ1n) is 10.9. The molecule has 0 bridgehead atoms. The van der Waals surface area contributed by atoms with Crippen molar-refractivity contribution in [1.29, 1.82) is 0 Å². The summed E-state index contributed by atoms with van der Waals surface area (Å²) in [5.74, 6) is -1.37. The summed E-state index contributed by atoms with van der Waals surface area (Å²) in [6.45, 7) is 3.97. The third kappa shape index (κ3) is 4.47. The van der Waals surface area contributed by atoms with Gasteiger partial charge in [-0.3, -0.25) is 14.5 Å². The van der Waals surface area contributed by atoms with Gasteiger partial charge in [-0.1, -0.05) is 43.1 Å². The molecular formula is C27H23Cl2NO5. The van der Waals surface area contributed by atoms with Crippen LogP contribution in [0.1, 0.15) is 42.5 Å². The van der Waals surface area contributed by atoms with Gasteiger partial charge in [0.25, 0.3) is 11.7 Å². The van der Waals surface area contributed by atoms with Crippen LogP contribution >= 0.6 is 23.2 Å². The molecule has 0 aromatic heterocycles. The Morgan fingerprint density at radius 3 is 2.29 bits per heavy atom. The van der Waals surface area contributed by atoms with E-state index >= 15 is 0 Å². The van der Waals surface area contributed by atoms with Crippen molar-refractivity contribution >= 4 is 46.3 Å². The number of nitrogens with zero attached hydrogens (tertiary/aromatic N) is 1. The van der Waals surface area contributed by atoms with Gasteiger partial charge in [0.05, 0.1) is 23.7 Å². The van der Waals surface area contributed by atoms with Gasteiger partial charge in [0.15, 0.2) is 0 Å². The molecule has 1 saturated heterocycles. The summed E-state index contributed by atoms with van der Waals surface area (Å²) in [4.78, 5) is 27.8. The Morgan fingerprint density at radius 1 is 1.00 bits per heavy atom. The molecule has 0 radical (unpaired) electrons. The molecule has 1 aliphatic rings. The maximum Gasteiger partial charge on any atom is 0.300 e. The fourth-order valence-electron chi connectivity index (χ4n) is 4.20. The highest BCUT2D eigenvalue weighted by molar-refractivity contribution is 6.51. The minimum absolute atomic E-state index is 0.0516. The number of rotatable bonds is 5. The van der Waals surface area contributed by atoms with Crippen molar-refractivity contribution < 1.29 is 24.5 Å². The maximum atomic E-state index is 13.3. The number of carbonyl (C=O) groups is 2. The summed E-state index contributed by atoms with van der Waals surface area (Å²) in [7, 11) is 1.56. The number of halogens is 2. The predicted octanol–water partition coefficient (Wildman–Crippen LogP) is 6.46. The van der Waals surface area contributed by atoms with E-state index < -0.39 is 17.7 Å². The molecule has 1 unspecified atom stereocenters. The van der Waals surface area contributed by atoms with Crippen LogP contribution in [0, 0.1) is 0 Å². The lowest BCUT2D eigenvalue weighted by Gasteiger charge is -2.26. The van der Waals surface area contributed by atoms with Crippen molar-refractivity contribution in [2.75, 3.05) is 12.0 Å². The summed E-state index contributed by atoms with van der Waals surface area (Å²) < 4.78 is 5.43. The molecule has 0 saturated carbocycles. The van der Waals surface area contributed by atoms with E-state index in [-0.39, 0.29) is 28.0 Å². The molecule has 3 aromatic rings. The van der Waals surface area contributed by atoms with Crippen LogP contribution in [0.2, 0.25) is 10.0 Å². The summed E-state index contributed by atoms with van der Waals surface area (Å²) in [5.41, 5.74) is 1.99. The molecule has 1 amide bonds. The molecule has 35 heavy (non-hydrogen) atoms. The van der Waals surface area contributed by atoms with E-state index in [1.165, 1.54) is 17.0 Å². The first-order valence-corrected chi connectivity index (χ1v) is 11.6. The average Bonchev–Trinajstić information content (AvgIpc) is 3.10. The quantitative estimate of drug-likeness (QED) is 0.233. The Labute approximate surface area is 213 Å². The molecule has 1 atom stereocenters. The number of anilines is 1. The fraction of sp³-hybridized carbons (Fsp3) is 0.185. The number of ether oxygens (including phenoxy) is 1. The summed E-state index contributed by atoms with van der Waals surface area (Å²) in [6, 6.07) is 15.0. The first-order chi connectivity index (χ1) is 16.6. The Hall–Kier alpha value is -3.48. The fourth-order valence-corrected chi connectivity index (χ4v) is 4.51. The highest BCUT2D eigenvalue weighted by Crippen LogP contribution is 2.44. The van der Waals surface area contributed by atoms with Crippen LogP contribution in [0.3, 0.4) is 0 Å². The lowest BCUT2D eigenvalue weighted by Crippen LogP contribution is -2.29. The average molecular weight is 512 g/mol. The monoisotopic (exact) mass is 511 g/mol. The summed E-state index contributed by atoms with van der Waals surface area (Å²) in [5, 5.41) is 21.8. The minimum atomic E-state index is -0.987. The molecule has 0 spiro atoms. The lowest BCUT2D eigenvalue weighted by atomic mass is 9.93. The van der Waals surface area contributed by atoms with E-state index in [9.17, 15) is 19.8 Å². The molecule has 3 aromatic carbocycles. The van der Waals surface area contributed by atoms with Crippen molar-refractivity contribution in [2.45, 2.75) is 25.8 Å². The number of aromatic hydroxyl groups is 1. The first kappa shape index (κ1) is 24.6. The Bertz CT molecular complexity index is 1350. The molecule has 0 aliphatic carbocycles. The van der Waals surface area contributed by atoms with Crippen LogP contribution in [-0.4, -0.2) is 29.0 Å². The number of phenolic OH excluding ortho intramolecular Hbond substituents is 1. The number of Topliss-reactive ketones (excluding diaryl/α,β-unsaturated/α-hetero) is 1. The van der Waals surface area contributed by atoms with Gasteiger partial charge in [0.1, 0.15) is 17.3 Å². The van der Waals surface area contributed by atoms with Gasteiger partial charge in [-0.05, 0) is 71.6 Å². The van der Waals surface area contributed by atoms with E-state index in [4.69, 9.17) is 27.9 Å². The van der Waals surface area contributed by atoms with Crippen LogP contribution < -0.4 is 9.64 Å². The number of amides is 1. The van der Waals surface area contributed by atoms with Crippen LogP contribution in [-0.2, 0) is 9.59 Å². The van der Waals surface area contributed by atoms with Crippen LogP contribution in [0.25, 0.3) is 5.76 Å². The van der Waals surface area contributed by atoms with E-state index in [0.717, 1.165) is 5.56 Å². The van der Waals surface area contributed by atoms with E-state index in [2.05, 4.69) is 0 Å². The second-order valence-electron chi connectivity index (χ2n) is 8.47. The highest BCUT2D eigenvalue weighted by Gasteiger charge is 2.47. The second kappa shape index (κ2) is 9.64. The largest absolute Gasteiger partial charge is 0.507 e. The molecule has 180 valence electrons. The molecule has 6 nitrogen and oxygen atoms in total. The molecular weight excluding hydrogens is 489 g/mol. The molecule has 1 heterocycles. The van der Waals surface area contributed by atoms with Crippen molar-refractivity contribution in [2.24, 2.45) is 0 Å². The third-order valence-electron chi connectivity index (χ3n) is 5.96.